The molecule has 1 saturated heterocycles. The van der Waals surface area contributed by atoms with E-state index in [9.17, 15) is 9.90 Å². The monoisotopic (exact) mass is 282 g/mol. The topological polar surface area (TPSA) is 52.6 Å². The minimum absolute atomic E-state index is 0.319. The maximum atomic E-state index is 11.8. The van der Waals surface area contributed by atoms with E-state index in [0.717, 1.165) is 31.8 Å². The minimum atomic E-state index is -0.718. The Kier molecular flexibility index (Phi) is 5.44. The van der Waals surface area contributed by atoms with Gasteiger partial charge in [0.25, 0.3) is 0 Å². The fourth-order valence-electron chi connectivity index (χ4n) is 3.77. The molecule has 2 atom stereocenters. The first-order chi connectivity index (χ1) is 9.62. The second-order valence-electron chi connectivity index (χ2n) is 6.66. The Balaban J connectivity index is 1.95. The van der Waals surface area contributed by atoms with Gasteiger partial charge in [0.15, 0.2) is 0 Å². The van der Waals surface area contributed by atoms with Crippen LogP contribution in [0.2, 0.25) is 0 Å². The first-order valence-electron chi connectivity index (χ1n) is 8.27. The van der Waals surface area contributed by atoms with Gasteiger partial charge in [-0.1, -0.05) is 19.8 Å². The highest BCUT2D eigenvalue weighted by atomic mass is 16.4. The first-order valence-corrected chi connectivity index (χ1v) is 8.27. The number of carbonyl (C=O) groups is 1. The van der Waals surface area contributed by atoms with Crippen molar-refractivity contribution in [1.29, 1.82) is 0 Å². The van der Waals surface area contributed by atoms with Gasteiger partial charge in [0.05, 0.1) is 0 Å². The lowest BCUT2D eigenvalue weighted by molar-refractivity contribution is -0.146. The lowest BCUT2D eigenvalue weighted by Gasteiger charge is -2.35. The number of carboxylic acids is 1. The van der Waals surface area contributed by atoms with E-state index in [1.165, 1.54) is 32.1 Å². The number of carboxylic acid groups (broad SMARTS) is 1. The third kappa shape index (κ3) is 3.53. The van der Waals surface area contributed by atoms with Crippen LogP contribution in [0.4, 0.5) is 0 Å². The Morgan fingerprint density at radius 1 is 1.30 bits per heavy atom. The fraction of sp³-hybridized carbons (Fsp3) is 0.938. The second-order valence-corrected chi connectivity index (χ2v) is 6.66. The number of nitrogens with zero attached hydrogens (tertiary/aromatic N) is 1. The Labute approximate surface area is 122 Å². The van der Waals surface area contributed by atoms with Crippen LogP contribution in [0.25, 0.3) is 0 Å². The summed E-state index contributed by atoms with van der Waals surface area (Å²) in [5.74, 6) is 0.497. The smallest absolute Gasteiger partial charge is 0.325 e. The standard InChI is InChI=1S/C16H30N2O2/c1-3-5-13-6-4-10-18(11-9-13)12-16(17-2,15(19)20)14-7-8-14/h13-14,17H,3-12H2,1-2H3,(H,19,20). The van der Waals surface area contributed by atoms with Crippen LogP contribution in [0.5, 0.6) is 0 Å². The number of hydrogen-bond donors (Lipinski definition) is 2. The molecule has 1 saturated carbocycles. The molecule has 0 bridgehead atoms. The van der Waals surface area contributed by atoms with E-state index in [0.29, 0.717) is 12.5 Å². The van der Waals surface area contributed by atoms with Crippen molar-refractivity contribution in [3.8, 4) is 0 Å². The summed E-state index contributed by atoms with van der Waals surface area (Å²) in [7, 11) is 1.81. The third-order valence-electron chi connectivity index (χ3n) is 5.21. The quantitative estimate of drug-likeness (QED) is 0.752. The van der Waals surface area contributed by atoms with E-state index < -0.39 is 11.5 Å². The second kappa shape index (κ2) is 6.90. The maximum absolute atomic E-state index is 11.8. The van der Waals surface area contributed by atoms with Gasteiger partial charge in [-0.25, -0.2) is 0 Å². The van der Waals surface area contributed by atoms with Crippen LogP contribution in [0.3, 0.4) is 0 Å². The van der Waals surface area contributed by atoms with Crippen molar-refractivity contribution in [2.45, 2.75) is 57.4 Å². The highest BCUT2D eigenvalue weighted by Gasteiger charge is 2.51. The molecule has 0 radical (unpaired) electrons. The molecule has 1 aliphatic carbocycles. The highest BCUT2D eigenvalue weighted by molar-refractivity contribution is 5.80. The zero-order chi connectivity index (χ0) is 14.6. The first kappa shape index (κ1) is 15.8. The number of aliphatic carboxylic acids is 1. The lowest BCUT2D eigenvalue weighted by atomic mass is 9.92. The van der Waals surface area contributed by atoms with Crippen molar-refractivity contribution in [2.24, 2.45) is 11.8 Å². The molecule has 1 aliphatic heterocycles. The van der Waals surface area contributed by atoms with Gasteiger partial charge in [0, 0.05) is 6.54 Å². The van der Waals surface area contributed by atoms with Crippen LogP contribution >= 0.6 is 0 Å². The molecule has 20 heavy (non-hydrogen) atoms. The van der Waals surface area contributed by atoms with E-state index >= 15 is 0 Å². The van der Waals surface area contributed by atoms with Gasteiger partial charge < -0.3 is 15.3 Å². The van der Waals surface area contributed by atoms with Crippen molar-refractivity contribution in [1.82, 2.24) is 10.2 Å². The predicted octanol–water partition coefficient (Wildman–Crippen LogP) is 2.34. The van der Waals surface area contributed by atoms with Crippen LogP contribution in [-0.4, -0.2) is 48.2 Å². The summed E-state index contributed by atoms with van der Waals surface area (Å²) in [5, 5.41) is 12.8. The van der Waals surface area contributed by atoms with Crippen molar-refractivity contribution in [3.63, 3.8) is 0 Å². The molecule has 4 nitrogen and oxygen atoms in total. The molecule has 1 heterocycles. The van der Waals surface area contributed by atoms with Crippen LogP contribution in [0.1, 0.15) is 51.9 Å². The summed E-state index contributed by atoms with van der Waals surface area (Å²) in [6.07, 6.45) is 8.47. The summed E-state index contributed by atoms with van der Waals surface area (Å²) < 4.78 is 0. The van der Waals surface area contributed by atoms with Gasteiger partial charge in [0.2, 0.25) is 0 Å². The molecule has 0 amide bonds. The van der Waals surface area contributed by atoms with E-state index in [-0.39, 0.29) is 0 Å². The van der Waals surface area contributed by atoms with Crippen molar-refractivity contribution >= 4 is 5.97 Å². The van der Waals surface area contributed by atoms with Crippen molar-refractivity contribution < 1.29 is 9.90 Å². The van der Waals surface area contributed by atoms with E-state index in [1.807, 2.05) is 7.05 Å². The Morgan fingerprint density at radius 2 is 2.05 bits per heavy atom. The predicted molar refractivity (Wildman–Crippen MR) is 80.8 cm³/mol. The third-order valence-corrected chi connectivity index (χ3v) is 5.21. The molecule has 0 aromatic heterocycles. The zero-order valence-corrected chi connectivity index (χ0v) is 13.0. The largest absolute Gasteiger partial charge is 0.480 e. The molecule has 2 unspecified atom stereocenters. The molecule has 0 aromatic rings. The summed E-state index contributed by atoms with van der Waals surface area (Å²) in [5.41, 5.74) is -0.718. The van der Waals surface area contributed by atoms with Crippen LogP contribution in [0.15, 0.2) is 0 Å². The number of rotatable bonds is 7. The van der Waals surface area contributed by atoms with E-state index in [4.69, 9.17) is 0 Å². The SMILES string of the molecule is CCCC1CCCN(CC(NC)(C(=O)O)C2CC2)CC1. The number of nitrogens with one attached hydrogen (secondary N) is 1. The molecule has 0 spiro atoms. The molecule has 0 aromatic carbocycles. The van der Waals surface area contributed by atoms with E-state index in [2.05, 4.69) is 17.1 Å². The zero-order valence-electron chi connectivity index (χ0n) is 13.0. The molecule has 116 valence electrons. The molecular formula is C16H30N2O2. The summed E-state index contributed by atoms with van der Waals surface area (Å²) >= 11 is 0. The van der Waals surface area contributed by atoms with Gasteiger partial charge in [-0.3, -0.25) is 4.79 Å². The molecule has 2 aliphatic rings. The van der Waals surface area contributed by atoms with Crippen LogP contribution in [0, 0.1) is 11.8 Å². The lowest BCUT2D eigenvalue weighted by Crippen LogP contribution is -2.59. The molecule has 4 heteroatoms. The molecule has 2 rings (SSSR count). The average Bonchev–Trinajstić information content (AvgIpc) is 3.24. The van der Waals surface area contributed by atoms with Crippen LogP contribution < -0.4 is 5.32 Å². The van der Waals surface area contributed by atoms with Gasteiger partial charge in [-0.15, -0.1) is 0 Å². The summed E-state index contributed by atoms with van der Waals surface area (Å²) in [4.78, 5) is 14.2. The summed E-state index contributed by atoms with van der Waals surface area (Å²) in [6.45, 7) is 5.05. The van der Waals surface area contributed by atoms with Crippen molar-refractivity contribution in [2.75, 3.05) is 26.7 Å². The van der Waals surface area contributed by atoms with Gasteiger partial charge >= 0.3 is 5.97 Å². The highest BCUT2D eigenvalue weighted by Crippen LogP contribution is 2.40. The Hall–Kier alpha value is -0.610. The van der Waals surface area contributed by atoms with Crippen LogP contribution in [-0.2, 0) is 4.79 Å². The normalized spacial score (nSPS) is 27.8. The van der Waals surface area contributed by atoms with Crippen molar-refractivity contribution in [3.05, 3.63) is 0 Å². The van der Waals surface area contributed by atoms with E-state index in [1.54, 1.807) is 0 Å². The Bertz CT molecular complexity index is 330. The number of hydrogen-bond acceptors (Lipinski definition) is 3. The number of likely N-dealkylation sites (tertiary alicyclic amines) is 1. The number of likely N-dealkylation sites (N-methyl/N-ethyl adjacent to an activating group) is 1. The summed E-state index contributed by atoms with van der Waals surface area (Å²) in [6, 6.07) is 0. The van der Waals surface area contributed by atoms with Gasteiger partial charge in [-0.2, -0.15) is 0 Å². The fourth-order valence-corrected chi connectivity index (χ4v) is 3.77. The average molecular weight is 282 g/mol. The minimum Gasteiger partial charge on any atom is -0.480 e. The molecular weight excluding hydrogens is 252 g/mol. The molecule has 2 fully saturated rings. The van der Waals surface area contributed by atoms with Gasteiger partial charge in [-0.05, 0) is 64.1 Å². The maximum Gasteiger partial charge on any atom is 0.325 e. The Morgan fingerprint density at radius 3 is 2.60 bits per heavy atom. The van der Waals surface area contributed by atoms with Gasteiger partial charge in [0.1, 0.15) is 5.54 Å². The molecule has 2 N–H and O–H groups in total.